The predicted molar refractivity (Wildman–Crippen MR) is 63.9 cm³/mol. The van der Waals surface area contributed by atoms with Crippen LogP contribution in [0.1, 0.15) is 27.2 Å². The SMILES string of the molecule is CCC(C)(C)Nc1cccc(Cl)c1N. The zero-order valence-electron chi connectivity index (χ0n) is 8.89. The summed E-state index contributed by atoms with van der Waals surface area (Å²) >= 11 is 5.92. The summed E-state index contributed by atoms with van der Waals surface area (Å²) in [7, 11) is 0. The summed E-state index contributed by atoms with van der Waals surface area (Å²) in [6.45, 7) is 6.40. The van der Waals surface area contributed by atoms with Gasteiger partial charge in [0, 0.05) is 5.54 Å². The molecule has 14 heavy (non-hydrogen) atoms. The minimum atomic E-state index is 0.0405. The number of nitrogen functional groups attached to an aromatic ring is 1. The summed E-state index contributed by atoms with van der Waals surface area (Å²) in [5, 5.41) is 3.97. The third-order valence-corrected chi connectivity index (χ3v) is 2.74. The zero-order chi connectivity index (χ0) is 10.8. The maximum atomic E-state index is 5.92. The topological polar surface area (TPSA) is 38.0 Å². The van der Waals surface area contributed by atoms with Crippen molar-refractivity contribution in [3.63, 3.8) is 0 Å². The minimum absolute atomic E-state index is 0.0405. The van der Waals surface area contributed by atoms with Gasteiger partial charge in [-0.25, -0.2) is 0 Å². The summed E-state index contributed by atoms with van der Waals surface area (Å²) in [6, 6.07) is 5.63. The van der Waals surface area contributed by atoms with E-state index in [1.807, 2.05) is 12.1 Å². The molecule has 0 amide bonds. The average molecular weight is 213 g/mol. The van der Waals surface area contributed by atoms with Crippen molar-refractivity contribution in [2.75, 3.05) is 11.1 Å². The molecule has 0 aliphatic heterocycles. The van der Waals surface area contributed by atoms with Crippen LogP contribution in [-0.4, -0.2) is 5.54 Å². The van der Waals surface area contributed by atoms with Crippen molar-refractivity contribution in [2.45, 2.75) is 32.7 Å². The van der Waals surface area contributed by atoms with E-state index in [2.05, 4.69) is 26.1 Å². The van der Waals surface area contributed by atoms with Gasteiger partial charge in [-0.1, -0.05) is 24.6 Å². The van der Waals surface area contributed by atoms with Crippen LogP contribution in [0.3, 0.4) is 0 Å². The molecule has 0 unspecified atom stereocenters. The molecule has 1 aromatic rings. The van der Waals surface area contributed by atoms with Gasteiger partial charge < -0.3 is 11.1 Å². The Hall–Kier alpha value is -0.890. The number of anilines is 2. The first kappa shape index (κ1) is 11.2. The first-order valence-electron chi connectivity index (χ1n) is 4.78. The molecule has 0 saturated heterocycles. The molecule has 0 saturated carbocycles. The molecule has 0 fully saturated rings. The van der Waals surface area contributed by atoms with Gasteiger partial charge in [0.05, 0.1) is 16.4 Å². The molecule has 3 N–H and O–H groups in total. The van der Waals surface area contributed by atoms with Crippen LogP contribution in [0.5, 0.6) is 0 Å². The van der Waals surface area contributed by atoms with Gasteiger partial charge >= 0.3 is 0 Å². The molecule has 0 heterocycles. The summed E-state index contributed by atoms with van der Waals surface area (Å²) < 4.78 is 0. The molecule has 3 heteroatoms. The van der Waals surface area contributed by atoms with Gasteiger partial charge in [0.2, 0.25) is 0 Å². The van der Waals surface area contributed by atoms with E-state index in [-0.39, 0.29) is 5.54 Å². The van der Waals surface area contributed by atoms with Crippen molar-refractivity contribution < 1.29 is 0 Å². The van der Waals surface area contributed by atoms with Gasteiger partial charge in [-0.15, -0.1) is 0 Å². The van der Waals surface area contributed by atoms with Crippen molar-refractivity contribution in [1.29, 1.82) is 0 Å². The van der Waals surface area contributed by atoms with Crippen molar-refractivity contribution in [1.82, 2.24) is 0 Å². The second-order valence-corrected chi connectivity index (χ2v) is 4.47. The molecule has 0 aromatic heterocycles. The van der Waals surface area contributed by atoms with Crippen molar-refractivity contribution >= 4 is 23.0 Å². The number of hydrogen-bond acceptors (Lipinski definition) is 2. The standard InChI is InChI=1S/C11H17ClN2/c1-4-11(2,3)14-9-7-5-6-8(12)10(9)13/h5-7,14H,4,13H2,1-3H3. The van der Waals surface area contributed by atoms with Crippen LogP contribution in [0.4, 0.5) is 11.4 Å². The fourth-order valence-corrected chi connectivity index (χ4v) is 1.27. The number of hydrogen-bond donors (Lipinski definition) is 2. The Kier molecular flexibility index (Phi) is 3.27. The lowest BCUT2D eigenvalue weighted by atomic mass is 10.0. The Bertz CT molecular complexity index is 321. The zero-order valence-corrected chi connectivity index (χ0v) is 9.65. The molecular weight excluding hydrogens is 196 g/mol. The molecule has 0 spiro atoms. The summed E-state index contributed by atoms with van der Waals surface area (Å²) in [5.41, 5.74) is 7.42. The average Bonchev–Trinajstić information content (AvgIpc) is 2.13. The van der Waals surface area contributed by atoms with E-state index in [1.165, 1.54) is 0 Å². The monoisotopic (exact) mass is 212 g/mol. The minimum Gasteiger partial charge on any atom is -0.396 e. The van der Waals surface area contributed by atoms with Crippen LogP contribution in [0.15, 0.2) is 18.2 Å². The molecule has 1 rings (SSSR count). The van der Waals surface area contributed by atoms with E-state index < -0.39 is 0 Å². The van der Waals surface area contributed by atoms with Gasteiger partial charge in [0.25, 0.3) is 0 Å². The Morgan fingerprint density at radius 3 is 2.64 bits per heavy atom. The third kappa shape index (κ3) is 2.55. The molecular formula is C11H17ClN2. The lowest BCUT2D eigenvalue weighted by Gasteiger charge is -2.26. The van der Waals surface area contributed by atoms with Gasteiger partial charge in [-0.2, -0.15) is 0 Å². The number of para-hydroxylation sites is 1. The van der Waals surface area contributed by atoms with E-state index in [0.717, 1.165) is 12.1 Å². The highest BCUT2D eigenvalue weighted by Gasteiger charge is 2.15. The highest BCUT2D eigenvalue weighted by molar-refractivity contribution is 6.33. The predicted octanol–water partition coefficient (Wildman–Crippen LogP) is 3.52. The third-order valence-electron chi connectivity index (χ3n) is 2.41. The Balaban J connectivity index is 2.92. The van der Waals surface area contributed by atoms with E-state index in [0.29, 0.717) is 10.7 Å². The van der Waals surface area contributed by atoms with Gasteiger partial charge in [-0.3, -0.25) is 0 Å². The van der Waals surface area contributed by atoms with E-state index in [1.54, 1.807) is 6.07 Å². The second kappa shape index (κ2) is 4.09. The Labute approximate surface area is 90.4 Å². The van der Waals surface area contributed by atoms with Crippen LogP contribution < -0.4 is 11.1 Å². The van der Waals surface area contributed by atoms with Crippen LogP contribution in [0.25, 0.3) is 0 Å². The van der Waals surface area contributed by atoms with Crippen LogP contribution >= 0.6 is 11.6 Å². The largest absolute Gasteiger partial charge is 0.396 e. The van der Waals surface area contributed by atoms with Gasteiger partial charge in [0.15, 0.2) is 0 Å². The van der Waals surface area contributed by atoms with Gasteiger partial charge in [-0.05, 0) is 32.4 Å². The van der Waals surface area contributed by atoms with Crippen molar-refractivity contribution in [3.8, 4) is 0 Å². The van der Waals surface area contributed by atoms with Crippen LogP contribution in [-0.2, 0) is 0 Å². The Morgan fingerprint density at radius 2 is 2.07 bits per heavy atom. The van der Waals surface area contributed by atoms with E-state index in [4.69, 9.17) is 17.3 Å². The van der Waals surface area contributed by atoms with Crippen molar-refractivity contribution in [2.24, 2.45) is 0 Å². The van der Waals surface area contributed by atoms with E-state index >= 15 is 0 Å². The first-order chi connectivity index (χ1) is 6.46. The van der Waals surface area contributed by atoms with E-state index in [9.17, 15) is 0 Å². The van der Waals surface area contributed by atoms with Crippen LogP contribution in [0, 0.1) is 0 Å². The summed E-state index contributed by atoms with van der Waals surface area (Å²) in [4.78, 5) is 0. The fourth-order valence-electron chi connectivity index (χ4n) is 1.10. The number of halogens is 1. The molecule has 0 aliphatic rings. The highest BCUT2D eigenvalue weighted by Crippen LogP contribution is 2.29. The summed E-state index contributed by atoms with van der Waals surface area (Å²) in [5.74, 6) is 0. The lowest BCUT2D eigenvalue weighted by Crippen LogP contribution is -2.30. The normalized spacial score (nSPS) is 11.4. The smallest absolute Gasteiger partial charge is 0.0739 e. The highest BCUT2D eigenvalue weighted by atomic mass is 35.5. The molecule has 2 nitrogen and oxygen atoms in total. The van der Waals surface area contributed by atoms with Crippen LogP contribution in [0.2, 0.25) is 5.02 Å². The maximum Gasteiger partial charge on any atom is 0.0739 e. The van der Waals surface area contributed by atoms with Crippen molar-refractivity contribution in [3.05, 3.63) is 23.2 Å². The fraction of sp³-hybridized carbons (Fsp3) is 0.455. The molecule has 0 bridgehead atoms. The molecule has 0 radical (unpaired) electrons. The maximum absolute atomic E-state index is 5.92. The summed E-state index contributed by atoms with van der Waals surface area (Å²) in [6.07, 6.45) is 1.03. The molecule has 0 atom stereocenters. The molecule has 78 valence electrons. The Morgan fingerprint density at radius 1 is 1.43 bits per heavy atom. The second-order valence-electron chi connectivity index (χ2n) is 4.06. The molecule has 0 aliphatic carbocycles. The number of nitrogens with one attached hydrogen (secondary N) is 1. The quantitative estimate of drug-likeness (QED) is 0.753. The lowest BCUT2D eigenvalue weighted by molar-refractivity contribution is 0.547. The number of rotatable bonds is 3. The first-order valence-corrected chi connectivity index (χ1v) is 5.16. The number of nitrogens with two attached hydrogens (primary N) is 1. The molecule has 1 aromatic carbocycles. The van der Waals surface area contributed by atoms with Gasteiger partial charge in [0.1, 0.15) is 0 Å². The number of benzene rings is 1.